The van der Waals surface area contributed by atoms with Crippen molar-refractivity contribution < 1.29 is 13.2 Å². The zero-order chi connectivity index (χ0) is 15.3. The van der Waals surface area contributed by atoms with E-state index in [4.69, 9.17) is 4.74 Å². The van der Waals surface area contributed by atoms with E-state index in [2.05, 4.69) is 4.98 Å². The minimum atomic E-state index is -3.16. The number of hydrogen-bond acceptors (Lipinski definition) is 4. The minimum Gasteiger partial charge on any atom is -0.493 e. The third-order valence-electron chi connectivity index (χ3n) is 2.99. The fourth-order valence-corrected chi connectivity index (χ4v) is 2.61. The third-order valence-corrected chi connectivity index (χ3v) is 4.91. The van der Waals surface area contributed by atoms with E-state index < -0.39 is 10.0 Å². The molecule has 21 heavy (non-hydrogen) atoms. The van der Waals surface area contributed by atoms with E-state index in [-0.39, 0.29) is 5.75 Å². The molecule has 0 aliphatic rings. The lowest BCUT2D eigenvalue weighted by atomic mass is 10.3. The average Bonchev–Trinajstić information content (AvgIpc) is 2.98. The first-order valence-corrected chi connectivity index (χ1v) is 8.21. The lowest BCUT2D eigenvalue weighted by Gasteiger charge is -2.12. The van der Waals surface area contributed by atoms with E-state index in [1.54, 1.807) is 12.5 Å². The highest BCUT2D eigenvalue weighted by molar-refractivity contribution is 7.89. The normalized spacial score (nSPS) is 11.8. The van der Waals surface area contributed by atoms with Crippen LogP contribution in [0.1, 0.15) is 6.42 Å². The fraction of sp³-hybridized carbons (Fsp3) is 0.357. The van der Waals surface area contributed by atoms with Gasteiger partial charge in [-0.25, -0.2) is 17.7 Å². The van der Waals surface area contributed by atoms with Crippen molar-refractivity contribution >= 4 is 10.0 Å². The van der Waals surface area contributed by atoms with E-state index in [1.165, 1.54) is 18.4 Å². The van der Waals surface area contributed by atoms with Gasteiger partial charge in [0.05, 0.1) is 24.4 Å². The molecule has 0 aliphatic carbocycles. The van der Waals surface area contributed by atoms with E-state index in [0.717, 1.165) is 5.69 Å². The van der Waals surface area contributed by atoms with Gasteiger partial charge in [-0.2, -0.15) is 0 Å². The predicted octanol–water partition coefficient (Wildman–Crippen LogP) is 1.53. The smallest absolute Gasteiger partial charge is 0.213 e. The molecule has 1 aromatic carbocycles. The van der Waals surface area contributed by atoms with E-state index in [9.17, 15) is 8.42 Å². The molecule has 0 atom stereocenters. The standard InChI is InChI=1S/C14H19N3O3S/c1-16(2)21(18,19)10-4-9-20-14-6-3-5-13(11-14)17-8-7-15-12-17/h3,5-8,11-12H,4,9-10H2,1-2H3. The van der Waals surface area contributed by atoms with Crippen molar-refractivity contribution in [3.8, 4) is 11.4 Å². The molecular weight excluding hydrogens is 290 g/mol. The van der Waals surface area contributed by atoms with Crippen molar-refractivity contribution in [3.63, 3.8) is 0 Å². The lowest BCUT2D eigenvalue weighted by molar-refractivity contribution is 0.317. The summed E-state index contributed by atoms with van der Waals surface area (Å²) < 4.78 is 31.9. The van der Waals surface area contributed by atoms with Gasteiger partial charge < -0.3 is 9.30 Å². The minimum absolute atomic E-state index is 0.0845. The second kappa shape index (κ2) is 6.73. The Kier molecular flexibility index (Phi) is 4.98. The zero-order valence-corrected chi connectivity index (χ0v) is 13.0. The van der Waals surface area contributed by atoms with Gasteiger partial charge in [0.1, 0.15) is 5.75 Å². The fourth-order valence-electron chi connectivity index (χ4n) is 1.76. The van der Waals surface area contributed by atoms with Gasteiger partial charge in [-0.15, -0.1) is 0 Å². The van der Waals surface area contributed by atoms with Crippen LogP contribution >= 0.6 is 0 Å². The molecule has 1 aromatic heterocycles. The van der Waals surface area contributed by atoms with Crippen molar-refractivity contribution in [2.75, 3.05) is 26.5 Å². The maximum absolute atomic E-state index is 11.6. The summed E-state index contributed by atoms with van der Waals surface area (Å²) in [4.78, 5) is 4.00. The molecule has 0 fully saturated rings. The maximum atomic E-state index is 11.6. The van der Waals surface area contributed by atoms with Crippen LogP contribution in [0.25, 0.3) is 5.69 Å². The molecule has 1 heterocycles. The monoisotopic (exact) mass is 309 g/mol. The van der Waals surface area contributed by atoms with E-state index in [0.29, 0.717) is 18.8 Å². The van der Waals surface area contributed by atoms with Crippen LogP contribution in [0.2, 0.25) is 0 Å². The Hall–Kier alpha value is -1.86. The molecule has 2 aromatic rings. The topological polar surface area (TPSA) is 64.4 Å². The first kappa shape index (κ1) is 15.5. The van der Waals surface area contributed by atoms with Gasteiger partial charge in [0.15, 0.2) is 0 Å². The molecule has 2 rings (SSSR count). The number of nitrogens with zero attached hydrogens (tertiary/aromatic N) is 3. The van der Waals surface area contributed by atoms with Crippen molar-refractivity contribution in [3.05, 3.63) is 43.0 Å². The number of aromatic nitrogens is 2. The first-order chi connectivity index (χ1) is 9.99. The van der Waals surface area contributed by atoms with Gasteiger partial charge in [0.2, 0.25) is 10.0 Å². The number of sulfonamides is 1. The van der Waals surface area contributed by atoms with Crippen LogP contribution < -0.4 is 4.74 Å². The van der Waals surface area contributed by atoms with Gasteiger partial charge in [0.25, 0.3) is 0 Å². The number of ether oxygens (including phenoxy) is 1. The largest absolute Gasteiger partial charge is 0.493 e. The SMILES string of the molecule is CN(C)S(=O)(=O)CCCOc1cccc(-n2ccnc2)c1. The first-order valence-electron chi connectivity index (χ1n) is 6.60. The summed E-state index contributed by atoms with van der Waals surface area (Å²) in [5, 5.41) is 0. The van der Waals surface area contributed by atoms with Crippen molar-refractivity contribution in [2.45, 2.75) is 6.42 Å². The van der Waals surface area contributed by atoms with Crippen LogP contribution in [0, 0.1) is 0 Å². The van der Waals surface area contributed by atoms with Crippen molar-refractivity contribution in [2.24, 2.45) is 0 Å². The lowest BCUT2D eigenvalue weighted by Crippen LogP contribution is -2.25. The van der Waals surface area contributed by atoms with Crippen LogP contribution in [-0.2, 0) is 10.0 Å². The van der Waals surface area contributed by atoms with Gasteiger partial charge in [0, 0.05) is 32.6 Å². The second-order valence-corrected chi connectivity index (χ2v) is 7.07. The van der Waals surface area contributed by atoms with Gasteiger partial charge in [-0.1, -0.05) is 6.07 Å². The number of benzene rings is 1. The van der Waals surface area contributed by atoms with E-state index >= 15 is 0 Å². The Morgan fingerprint density at radius 1 is 1.33 bits per heavy atom. The molecule has 0 amide bonds. The van der Waals surface area contributed by atoms with Gasteiger partial charge in [-0.3, -0.25) is 0 Å². The highest BCUT2D eigenvalue weighted by Gasteiger charge is 2.12. The van der Waals surface area contributed by atoms with Crippen LogP contribution in [0.4, 0.5) is 0 Å². The summed E-state index contributed by atoms with van der Waals surface area (Å²) in [6.07, 6.45) is 5.72. The molecule has 114 valence electrons. The highest BCUT2D eigenvalue weighted by Crippen LogP contribution is 2.16. The molecular formula is C14H19N3O3S. The summed E-state index contributed by atoms with van der Waals surface area (Å²) in [6.45, 7) is 0.362. The molecule has 6 nitrogen and oxygen atoms in total. The van der Waals surface area contributed by atoms with Crippen LogP contribution in [-0.4, -0.2) is 48.7 Å². The molecule has 0 N–H and O–H groups in total. The zero-order valence-electron chi connectivity index (χ0n) is 12.1. The molecule has 0 saturated heterocycles. The Morgan fingerprint density at radius 2 is 2.14 bits per heavy atom. The molecule has 0 aliphatic heterocycles. The van der Waals surface area contributed by atoms with Crippen molar-refractivity contribution in [1.29, 1.82) is 0 Å². The molecule has 7 heteroatoms. The average molecular weight is 309 g/mol. The molecule has 0 radical (unpaired) electrons. The number of imidazole rings is 1. The Balaban J connectivity index is 1.89. The predicted molar refractivity (Wildman–Crippen MR) is 81.1 cm³/mol. The van der Waals surface area contributed by atoms with Crippen LogP contribution in [0.15, 0.2) is 43.0 Å². The second-order valence-electron chi connectivity index (χ2n) is 4.77. The summed E-state index contributed by atoms with van der Waals surface area (Å²) in [5.74, 6) is 0.796. The molecule has 0 bridgehead atoms. The molecule has 0 saturated carbocycles. The quantitative estimate of drug-likeness (QED) is 0.728. The Morgan fingerprint density at radius 3 is 2.81 bits per heavy atom. The highest BCUT2D eigenvalue weighted by atomic mass is 32.2. The summed E-state index contributed by atoms with van der Waals surface area (Å²) in [6, 6.07) is 7.58. The van der Waals surface area contributed by atoms with Crippen molar-refractivity contribution in [1.82, 2.24) is 13.9 Å². The van der Waals surface area contributed by atoms with E-state index in [1.807, 2.05) is 35.0 Å². The van der Waals surface area contributed by atoms with Gasteiger partial charge in [-0.05, 0) is 18.6 Å². The number of hydrogen-bond donors (Lipinski definition) is 0. The van der Waals surface area contributed by atoms with Crippen LogP contribution in [0.3, 0.4) is 0 Å². The Bertz CT molecular complexity index is 667. The van der Waals surface area contributed by atoms with Crippen LogP contribution in [0.5, 0.6) is 5.75 Å². The Labute approximate surface area is 125 Å². The maximum Gasteiger partial charge on any atom is 0.213 e. The summed E-state index contributed by atoms with van der Waals surface area (Å²) in [7, 11) is -0.0903. The van der Waals surface area contributed by atoms with Gasteiger partial charge >= 0.3 is 0 Å². The number of rotatable bonds is 7. The third kappa shape index (κ3) is 4.30. The molecule has 0 unspecified atom stereocenters. The summed E-state index contributed by atoms with van der Waals surface area (Å²) in [5.41, 5.74) is 0.950. The summed E-state index contributed by atoms with van der Waals surface area (Å²) >= 11 is 0. The molecule has 0 spiro atoms.